The van der Waals surface area contributed by atoms with Crippen molar-refractivity contribution in [2.75, 3.05) is 0 Å². The Labute approximate surface area is 86.6 Å². The number of amides is 2. The molecule has 1 aliphatic heterocycles. The van der Waals surface area contributed by atoms with Crippen LogP contribution >= 0.6 is 22.6 Å². The summed E-state index contributed by atoms with van der Waals surface area (Å²) in [6.45, 7) is 0. The fraction of sp³-hybridized carbons (Fsp3) is 0.143. The number of furan rings is 1. The molecule has 0 aromatic carbocycles. The predicted molar refractivity (Wildman–Crippen MR) is 48.8 cm³/mol. The van der Waals surface area contributed by atoms with Crippen molar-refractivity contribution in [2.24, 2.45) is 0 Å². The van der Waals surface area contributed by atoms with Crippen molar-refractivity contribution in [1.29, 1.82) is 0 Å². The van der Waals surface area contributed by atoms with E-state index in [2.05, 4.69) is 0 Å². The van der Waals surface area contributed by atoms with Gasteiger partial charge in [-0.15, -0.1) is 0 Å². The highest BCUT2D eigenvalue weighted by molar-refractivity contribution is 14.1. The number of nitrogens with one attached hydrogen (secondary N) is 1. The fourth-order valence-corrected chi connectivity index (χ4v) is 1.60. The Kier molecular flexibility index (Phi) is 1.98. The predicted octanol–water partition coefficient (Wildman–Crippen LogP) is 1.19. The molecule has 1 atom stereocenters. The molecular formula is C7H4INO4. The highest BCUT2D eigenvalue weighted by atomic mass is 127. The third-order valence-electron chi connectivity index (χ3n) is 1.61. The zero-order valence-corrected chi connectivity index (χ0v) is 8.40. The summed E-state index contributed by atoms with van der Waals surface area (Å²) in [5.74, 6) is -0.454. The first-order valence-corrected chi connectivity index (χ1v) is 4.49. The van der Waals surface area contributed by atoms with Crippen LogP contribution in [0.25, 0.3) is 0 Å². The molecule has 0 saturated carbocycles. The summed E-state index contributed by atoms with van der Waals surface area (Å²) in [5.41, 5.74) is 0.573. The summed E-state index contributed by atoms with van der Waals surface area (Å²) >= 11 is 2.00. The zero-order chi connectivity index (χ0) is 9.42. The highest BCUT2D eigenvalue weighted by Crippen LogP contribution is 2.26. The highest BCUT2D eigenvalue weighted by Gasteiger charge is 2.35. The first kappa shape index (κ1) is 8.54. The lowest BCUT2D eigenvalue weighted by Crippen LogP contribution is -2.20. The van der Waals surface area contributed by atoms with E-state index in [1.54, 1.807) is 0 Å². The molecule has 0 radical (unpaired) electrons. The molecule has 1 N–H and O–H groups in total. The lowest BCUT2D eigenvalue weighted by Gasteiger charge is -2.02. The zero-order valence-electron chi connectivity index (χ0n) is 6.24. The molecule has 1 aromatic rings. The molecule has 0 bridgehead atoms. The molecule has 1 unspecified atom stereocenters. The summed E-state index contributed by atoms with van der Waals surface area (Å²) in [7, 11) is 0. The molecular weight excluding hydrogens is 289 g/mol. The second-order valence-electron chi connectivity index (χ2n) is 2.45. The largest absolute Gasteiger partial charge is 0.471 e. The number of hydrogen-bond acceptors (Lipinski definition) is 4. The van der Waals surface area contributed by atoms with Crippen LogP contribution in [0.1, 0.15) is 11.7 Å². The van der Waals surface area contributed by atoms with Gasteiger partial charge in [-0.25, -0.2) is 4.79 Å². The average molecular weight is 293 g/mol. The van der Waals surface area contributed by atoms with Gasteiger partial charge in [0.1, 0.15) is 6.26 Å². The van der Waals surface area contributed by atoms with E-state index in [1.165, 1.54) is 12.5 Å². The SMILES string of the molecule is O=C1NC(=O)C(c2cocc2I)O1. The van der Waals surface area contributed by atoms with E-state index in [1.807, 2.05) is 27.9 Å². The molecule has 6 heteroatoms. The first-order chi connectivity index (χ1) is 6.18. The monoisotopic (exact) mass is 293 g/mol. The third kappa shape index (κ3) is 1.41. The van der Waals surface area contributed by atoms with E-state index < -0.39 is 18.1 Å². The van der Waals surface area contributed by atoms with E-state index >= 15 is 0 Å². The van der Waals surface area contributed by atoms with Gasteiger partial charge in [-0.05, 0) is 22.6 Å². The van der Waals surface area contributed by atoms with Crippen molar-refractivity contribution < 1.29 is 18.7 Å². The molecule has 2 rings (SSSR count). The Morgan fingerprint density at radius 3 is 2.62 bits per heavy atom. The van der Waals surface area contributed by atoms with Gasteiger partial charge in [0.05, 0.1) is 15.4 Å². The van der Waals surface area contributed by atoms with Crippen molar-refractivity contribution in [2.45, 2.75) is 6.10 Å². The van der Waals surface area contributed by atoms with Gasteiger partial charge in [0.2, 0.25) is 6.10 Å². The van der Waals surface area contributed by atoms with Crippen molar-refractivity contribution in [1.82, 2.24) is 5.32 Å². The summed E-state index contributed by atoms with van der Waals surface area (Å²) in [5, 5.41) is 2.04. The fourth-order valence-electron chi connectivity index (χ4n) is 1.04. The lowest BCUT2D eigenvalue weighted by atomic mass is 10.2. The summed E-state index contributed by atoms with van der Waals surface area (Å²) < 4.78 is 10.4. The summed E-state index contributed by atoms with van der Waals surface area (Å²) in [6, 6.07) is 0. The second-order valence-corrected chi connectivity index (χ2v) is 3.61. The Hall–Kier alpha value is -1.05. The molecule has 1 aromatic heterocycles. The van der Waals surface area contributed by atoms with E-state index in [9.17, 15) is 9.59 Å². The number of rotatable bonds is 1. The first-order valence-electron chi connectivity index (χ1n) is 3.41. The number of hydrogen-bond donors (Lipinski definition) is 1. The van der Waals surface area contributed by atoms with Gasteiger partial charge in [-0.3, -0.25) is 10.1 Å². The number of carbonyl (C=O) groups excluding carboxylic acids is 2. The maximum Gasteiger partial charge on any atom is 0.415 e. The van der Waals surface area contributed by atoms with Gasteiger partial charge in [-0.2, -0.15) is 0 Å². The minimum atomic E-state index is -0.863. The van der Waals surface area contributed by atoms with Crippen LogP contribution in [-0.2, 0) is 9.53 Å². The maximum absolute atomic E-state index is 11.1. The molecule has 2 heterocycles. The second kappa shape index (κ2) is 3.02. The molecule has 1 saturated heterocycles. The number of imide groups is 1. The molecule has 5 nitrogen and oxygen atoms in total. The summed E-state index contributed by atoms with van der Waals surface area (Å²) in [4.78, 5) is 21.8. The Balaban J connectivity index is 2.32. The van der Waals surface area contributed by atoms with Gasteiger partial charge in [0.15, 0.2) is 0 Å². The molecule has 13 heavy (non-hydrogen) atoms. The van der Waals surface area contributed by atoms with E-state index in [0.29, 0.717) is 5.56 Å². The molecule has 1 fully saturated rings. The van der Waals surface area contributed by atoms with Crippen LogP contribution in [0.2, 0.25) is 0 Å². The number of cyclic esters (lactones) is 1. The number of carbonyl (C=O) groups is 2. The van der Waals surface area contributed by atoms with Crippen LogP contribution in [0.5, 0.6) is 0 Å². The van der Waals surface area contributed by atoms with Crippen LogP contribution < -0.4 is 5.32 Å². The maximum atomic E-state index is 11.1. The van der Waals surface area contributed by atoms with Crippen LogP contribution in [0, 0.1) is 3.57 Å². The number of alkyl carbamates (subject to hydrolysis) is 1. The smallest absolute Gasteiger partial charge is 0.415 e. The molecule has 68 valence electrons. The van der Waals surface area contributed by atoms with Crippen molar-refractivity contribution >= 4 is 34.6 Å². The number of ether oxygens (including phenoxy) is 1. The quantitative estimate of drug-likeness (QED) is 0.790. The average Bonchev–Trinajstić information content (AvgIpc) is 2.58. The molecule has 2 amide bonds. The van der Waals surface area contributed by atoms with Crippen molar-refractivity contribution in [3.63, 3.8) is 0 Å². The van der Waals surface area contributed by atoms with Crippen LogP contribution in [0.3, 0.4) is 0 Å². The van der Waals surface area contributed by atoms with Gasteiger partial charge in [-0.1, -0.05) is 0 Å². The molecule has 0 aliphatic carbocycles. The van der Waals surface area contributed by atoms with E-state index in [-0.39, 0.29) is 0 Å². The van der Waals surface area contributed by atoms with Crippen LogP contribution in [-0.4, -0.2) is 12.0 Å². The van der Waals surface area contributed by atoms with Gasteiger partial charge in [0.25, 0.3) is 5.91 Å². The van der Waals surface area contributed by atoms with Crippen LogP contribution in [0.4, 0.5) is 4.79 Å². The van der Waals surface area contributed by atoms with E-state index in [0.717, 1.165) is 3.57 Å². The Morgan fingerprint density at radius 2 is 2.15 bits per heavy atom. The minimum Gasteiger partial charge on any atom is -0.471 e. The standard InChI is InChI=1S/C7H4INO4/c8-4-2-12-1-3(4)5-6(10)9-7(11)13-5/h1-2,5H,(H,9,10,11). The molecule has 0 spiro atoms. The van der Waals surface area contributed by atoms with E-state index in [4.69, 9.17) is 9.15 Å². The topological polar surface area (TPSA) is 68.5 Å². The van der Waals surface area contributed by atoms with Crippen molar-refractivity contribution in [3.8, 4) is 0 Å². The lowest BCUT2D eigenvalue weighted by molar-refractivity contribution is -0.123. The molecule has 1 aliphatic rings. The van der Waals surface area contributed by atoms with Crippen molar-refractivity contribution in [3.05, 3.63) is 21.7 Å². The number of halogens is 1. The van der Waals surface area contributed by atoms with Gasteiger partial charge >= 0.3 is 6.09 Å². The normalized spacial score (nSPS) is 21.5. The van der Waals surface area contributed by atoms with Gasteiger partial charge < -0.3 is 9.15 Å². The third-order valence-corrected chi connectivity index (χ3v) is 2.49. The Morgan fingerprint density at radius 1 is 1.38 bits per heavy atom. The van der Waals surface area contributed by atoms with Crippen LogP contribution in [0.15, 0.2) is 16.9 Å². The Bertz CT molecular complexity index is 372. The minimum absolute atomic E-state index is 0.454. The summed E-state index contributed by atoms with van der Waals surface area (Å²) in [6.07, 6.45) is 1.30. The van der Waals surface area contributed by atoms with Gasteiger partial charge in [0, 0.05) is 0 Å².